The van der Waals surface area contributed by atoms with Crippen molar-refractivity contribution in [2.75, 3.05) is 27.4 Å². The number of aryl methyl sites for hydroxylation is 2. The number of benzene rings is 2. The van der Waals surface area contributed by atoms with Crippen LogP contribution in [0.5, 0.6) is 23.0 Å². The predicted molar refractivity (Wildman–Crippen MR) is 223 cm³/mol. The molecular formula is C46H50N4O10. The van der Waals surface area contributed by atoms with Crippen LogP contribution in [0.25, 0.3) is 0 Å². The molecule has 2 aromatic carbocycles. The van der Waals surface area contributed by atoms with E-state index in [4.69, 9.17) is 38.4 Å². The number of pyridine rings is 2. The van der Waals surface area contributed by atoms with Gasteiger partial charge in [-0.3, -0.25) is 19.6 Å². The minimum absolute atomic E-state index is 0.120. The van der Waals surface area contributed by atoms with Gasteiger partial charge in [0.1, 0.15) is 12.2 Å². The topological polar surface area (TPSA) is 158 Å². The highest BCUT2D eigenvalue weighted by atomic mass is 16.6. The zero-order chi connectivity index (χ0) is 42.2. The van der Waals surface area contributed by atoms with Gasteiger partial charge in [0, 0.05) is 72.7 Å². The number of aromatic nitrogens is 2. The van der Waals surface area contributed by atoms with Crippen LogP contribution in [0.4, 0.5) is 0 Å². The van der Waals surface area contributed by atoms with E-state index in [2.05, 4.69) is 0 Å². The molecule has 0 N–H and O–H groups in total. The second kappa shape index (κ2) is 16.8. The minimum Gasteiger partial charge on any atom is -0.493 e. The van der Waals surface area contributed by atoms with Crippen LogP contribution in [0, 0.1) is 0 Å². The van der Waals surface area contributed by atoms with Gasteiger partial charge >= 0.3 is 11.9 Å². The van der Waals surface area contributed by atoms with E-state index < -0.39 is 24.1 Å². The number of rotatable bonds is 10. The zero-order valence-electron chi connectivity index (χ0n) is 34.8. The van der Waals surface area contributed by atoms with E-state index in [0.29, 0.717) is 74.7 Å². The number of nitrogens with zero attached hydrogens (tertiary/aromatic N) is 4. The molecule has 0 unspecified atom stereocenters. The minimum atomic E-state index is -1.02. The van der Waals surface area contributed by atoms with Gasteiger partial charge in [0.05, 0.1) is 50.9 Å². The SMILES string of the molecule is CCOc1cc2c(cc1OC)C(c1ccc(=O)n(C)c1)=N[C@@H]1CC[C@@H](OC(=O)C(=O)O[C@@H]3CC[C@H]4N=C(c5ccc(=O)n(C)c5)c5cc(OC)c(OCC)cc5[C@H]4C3)C[C@H]21. The summed E-state index contributed by atoms with van der Waals surface area (Å²) < 4.78 is 38.2. The monoisotopic (exact) mass is 818 g/mol. The van der Waals surface area contributed by atoms with Crippen LogP contribution >= 0.6 is 0 Å². The Hall–Kier alpha value is -6.18. The van der Waals surface area contributed by atoms with E-state index in [0.717, 1.165) is 44.8 Å². The molecule has 2 fully saturated rings. The number of carbonyl (C=O) groups is 2. The highest BCUT2D eigenvalue weighted by Crippen LogP contribution is 2.47. The van der Waals surface area contributed by atoms with E-state index in [1.54, 1.807) is 52.8 Å². The second-order valence-electron chi connectivity index (χ2n) is 15.8. The van der Waals surface area contributed by atoms with Crippen molar-refractivity contribution in [2.24, 2.45) is 24.1 Å². The summed E-state index contributed by atoms with van der Waals surface area (Å²) in [7, 11) is 6.60. The van der Waals surface area contributed by atoms with Crippen LogP contribution in [0.3, 0.4) is 0 Å². The Morgan fingerprint density at radius 1 is 0.617 bits per heavy atom. The molecule has 2 aliphatic carbocycles. The molecule has 14 heteroatoms. The van der Waals surface area contributed by atoms with Gasteiger partial charge in [-0.05, 0) is 99.9 Å². The van der Waals surface area contributed by atoms with Crippen LogP contribution in [-0.4, -0.2) is 84.2 Å². The fraction of sp³-hybridized carbons (Fsp3) is 0.435. The molecule has 60 heavy (non-hydrogen) atoms. The van der Waals surface area contributed by atoms with Crippen LogP contribution in [0.1, 0.15) is 97.6 Å². The first-order valence-electron chi connectivity index (χ1n) is 20.6. The van der Waals surface area contributed by atoms with Gasteiger partial charge in [-0.25, -0.2) is 9.59 Å². The van der Waals surface area contributed by atoms with Crippen molar-refractivity contribution >= 4 is 23.4 Å². The van der Waals surface area contributed by atoms with Gasteiger partial charge in [-0.2, -0.15) is 0 Å². The fourth-order valence-corrected chi connectivity index (χ4v) is 9.25. The Labute approximate surface area is 347 Å². The van der Waals surface area contributed by atoms with Crippen molar-refractivity contribution in [3.8, 4) is 23.0 Å². The zero-order valence-corrected chi connectivity index (χ0v) is 34.8. The average molecular weight is 819 g/mol. The molecule has 0 bridgehead atoms. The van der Waals surface area contributed by atoms with Crippen LogP contribution < -0.4 is 30.1 Å². The third-order valence-corrected chi connectivity index (χ3v) is 12.1. The highest BCUT2D eigenvalue weighted by Gasteiger charge is 2.42. The van der Waals surface area contributed by atoms with Crippen molar-refractivity contribution in [1.82, 2.24) is 9.13 Å². The standard InChI is InChI=1S/C46H50N4O10/c1-7-57-39-19-29-31-17-27(11-13-35(31)47-43(33(29)21-37(39)55-5)25-9-15-41(51)49(3)23-25)59-45(53)46(54)60-28-12-14-36-32(18-28)30-20-40(58-8-2)38(56-6)22-34(30)44(48-36)26-10-16-42(52)50(4)24-26/h9-10,15-16,19-24,27-28,31-32,35-36H,7-8,11-14,17-18H2,1-6H3/t27-,28-,31-,32-,35-,36-/m1/s1. The lowest BCUT2D eigenvalue weighted by molar-refractivity contribution is -0.176. The van der Waals surface area contributed by atoms with E-state index in [1.807, 2.05) is 38.1 Å². The number of methoxy groups -OCH3 is 2. The summed E-state index contributed by atoms with van der Waals surface area (Å²) in [6.45, 7) is 4.70. The number of aliphatic imine (C=N–C) groups is 2. The van der Waals surface area contributed by atoms with Gasteiger partial charge in [-0.1, -0.05) is 0 Å². The molecule has 0 amide bonds. The van der Waals surface area contributed by atoms with E-state index in [1.165, 1.54) is 21.3 Å². The number of hydrogen-bond donors (Lipinski definition) is 0. The molecule has 14 nitrogen and oxygen atoms in total. The molecule has 2 aromatic heterocycles. The van der Waals surface area contributed by atoms with Gasteiger partial charge < -0.3 is 37.6 Å². The molecule has 314 valence electrons. The molecule has 6 atom stereocenters. The number of ether oxygens (including phenoxy) is 6. The van der Waals surface area contributed by atoms with Crippen molar-refractivity contribution in [1.29, 1.82) is 0 Å². The van der Waals surface area contributed by atoms with Crippen molar-refractivity contribution in [2.45, 2.75) is 88.5 Å². The first-order valence-corrected chi connectivity index (χ1v) is 20.6. The lowest BCUT2D eigenvalue weighted by atomic mass is 9.74. The molecule has 0 saturated heterocycles. The summed E-state index contributed by atoms with van der Waals surface area (Å²) in [6, 6.07) is 14.2. The Morgan fingerprint density at radius 3 is 1.40 bits per heavy atom. The molecule has 4 aromatic rings. The summed E-state index contributed by atoms with van der Waals surface area (Å²) in [4.78, 5) is 61.8. The molecule has 2 saturated carbocycles. The van der Waals surface area contributed by atoms with Crippen molar-refractivity contribution < 1.29 is 38.0 Å². The third kappa shape index (κ3) is 7.70. The van der Waals surface area contributed by atoms with E-state index in [-0.39, 0.29) is 35.0 Å². The molecule has 8 rings (SSSR count). The summed E-state index contributed by atoms with van der Waals surface area (Å²) >= 11 is 0. The Morgan fingerprint density at radius 2 is 1.03 bits per heavy atom. The number of hydrogen-bond acceptors (Lipinski definition) is 12. The van der Waals surface area contributed by atoms with Gasteiger partial charge in [0.25, 0.3) is 0 Å². The van der Waals surface area contributed by atoms with Crippen molar-refractivity contribution in [3.63, 3.8) is 0 Å². The Balaban J connectivity index is 0.994. The average Bonchev–Trinajstić information content (AvgIpc) is 3.25. The highest BCUT2D eigenvalue weighted by molar-refractivity contribution is 6.29. The maximum atomic E-state index is 13.5. The van der Waals surface area contributed by atoms with Crippen LogP contribution in [0.2, 0.25) is 0 Å². The van der Waals surface area contributed by atoms with Gasteiger partial charge in [-0.15, -0.1) is 0 Å². The number of esters is 2. The number of carbonyl (C=O) groups excluding carboxylic acids is 2. The lowest BCUT2D eigenvalue weighted by Crippen LogP contribution is -2.39. The van der Waals surface area contributed by atoms with Gasteiger partial charge in [0.15, 0.2) is 23.0 Å². The third-order valence-electron chi connectivity index (χ3n) is 12.1. The van der Waals surface area contributed by atoms with Crippen molar-refractivity contribution in [3.05, 3.63) is 115 Å². The largest absolute Gasteiger partial charge is 0.493 e. The van der Waals surface area contributed by atoms with Crippen LogP contribution in [-0.2, 0) is 33.2 Å². The predicted octanol–water partition coefficient (Wildman–Crippen LogP) is 5.40. The number of fused-ring (bicyclic) bond motifs is 6. The van der Waals surface area contributed by atoms with E-state index in [9.17, 15) is 19.2 Å². The fourth-order valence-electron chi connectivity index (χ4n) is 9.25. The Kier molecular flexibility index (Phi) is 11.4. The first kappa shape index (κ1) is 40.6. The summed E-state index contributed by atoms with van der Waals surface area (Å²) in [6.07, 6.45) is 5.64. The van der Waals surface area contributed by atoms with E-state index >= 15 is 0 Å². The van der Waals surface area contributed by atoms with Crippen LogP contribution in [0.15, 0.2) is 80.5 Å². The maximum Gasteiger partial charge on any atom is 0.417 e. The normalized spacial score (nSPS) is 22.7. The molecule has 2 aliphatic heterocycles. The molecule has 4 heterocycles. The van der Waals surface area contributed by atoms with Gasteiger partial charge in [0.2, 0.25) is 11.1 Å². The summed E-state index contributed by atoms with van der Waals surface area (Å²) in [5, 5.41) is 0. The molecule has 0 spiro atoms. The molecule has 4 aliphatic rings. The summed E-state index contributed by atoms with van der Waals surface area (Å²) in [5.41, 5.74) is 6.51. The second-order valence-corrected chi connectivity index (χ2v) is 15.8. The first-order chi connectivity index (χ1) is 29.0. The summed E-state index contributed by atoms with van der Waals surface area (Å²) in [5.74, 6) is 0.0267. The smallest absolute Gasteiger partial charge is 0.417 e. The molecular weight excluding hydrogens is 769 g/mol. The quantitative estimate of drug-likeness (QED) is 0.150. The molecule has 0 radical (unpaired) electrons. The maximum absolute atomic E-state index is 13.5. The lowest BCUT2D eigenvalue weighted by Gasteiger charge is -2.39. The Bertz CT molecular complexity index is 2350.